The van der Waals surface area contributed by atoms with Crippen molar-refractivity contribution >= 4 is 5.97 Å². The second-order valence-electron chi connectivity index (χ2n) is 3.92. The lowest BCUT2D eigenvalue weighted by Gasteiger charge is -2.29. The van der Waals surface area contributed by atoms with Crippen LogP contribution in [0.4, 0.5) is 0 Å². The molecule has 0 aromatic rings. The number of unbranched alkanes of at least 4 members (excludes halogenated alkanes) is 1. The smallest absolute Gasteiger partial charge is 0.303 e. The third kappa shape index (κ3) is 4.58. The Hall–Kier alpha value is -0.610. The first-order chi connectivity index (χ1) is 6.68. The van der Waals surface area contributed by atoms with E-state index in [1.807, 2.05) is 0 Å². The minimum atomic E-state index is -0.709. The van der Waals surface area contributed by atoms with Gasteiger partial charge in [-0.05, 0) is 32.2 Å². The predicted octanol–water partition coefficient (Wildman–Crippen LogP) is 0.698. The van der Waals surface area contributed by atoms with Crippen LogP contribution in [0.15, 0.2) is 0 Å². The van der Waals surface area contributed by atoms with Gasteiger partial charge in [0, 0.05) is 19.5 Å². The van der Waals surface area contributed by atoms with Crippen molar-refractivity contribution in [1.82, 2.24) is 4.90 Å². The van der Waals surface area contributed by atoms with Crippen molar-refractivity contribution in [1.29, 1.82) is 0 Å². The molecular weight excluding hydrogens is 182 g/mol. The first-order valence-corrected chi connectivity index (χ1v) is 5.30. The fourth-order valence-electron chi connectivity index (χ4n) is 1.75. The maximum absolute atomic E-state index is 10.2. The second-order valence-corrected chi connectivity index (χ2v) is 3.92. The number of rotatable bonds is 5. The Morgan fingerprint density at radius 2 is 1.93 bits per heavy atom. The quantitative estimate of drug-likeness (QED) is 0.643. The molecule has 14 heavy (non-hydrogen) atoms. The summed E-state index contributed by atoms with van der Waals surface area (Å²) in [5, 5.41) is 17.7. The number of nitrogens with zero attached hydrogens (tertiary/aromatic N) is 1. The van der Waals surface area contributed by atoms with Gasteiger partial charge in [-0.1, -0.05) is 0 Å². The number of carboxylic acid groups (broad SMARTS) is 1. The molecule has 4 nitrogen and oxygen atoms in total. The summed E-state index contributed by atoms with van der Waals surface area (Å²) in [7, 11) is 0. The molecule has 82 valence electrons. The van der Waals surface area contributed by atoms with Crippen LogP contribution in [-0.4, -0.2) is 46.8 Å². The molecule has 0 amide bonds. The van der Waals surface area contributed by atoms with Gasteiger partial charge in [-0.2, -0.15) is 0 Å². The third-order valence-corrected chi connectivity index (χ3v) is 2.67. The largest absolute Gasteiger partial charge is 0.481 e. The van der Waals surface area contributed by atoms with Crippen LogP contribution < -0.4 is 0 Å². The summed E-state index contributed by atoms with van der Waals surface area (Å²) in [5.74, 6) is -0.709. The normalized spacial score (nSPS) is 19.8. The molecule has 1 rings (SSSR count). The van der Waals surface area contributed by atoms with E-state index in [2.05, 4.69) is 4.90 Å². The highest BCUT2D eigenvalue weighted by molar-refractivity contribution is 5.66. The zero-order valence-corrected chi connectivity index (χ0v) is 8.48. The van der Waals surface area contributed by atoms with Gasteiger partial charge in [0.05, 0.1) is 6.10 Å². The Bertz CT molecular complexity index is 176. The molecule has 0 atom stereocenters. The van der Waals surface area contributed by atoms with Gasteiger partial charge < -0.3 is 15.1 Å². The zero-order valence-electron chi connectivity index (χ0n) is 8.48. The van der Waals surface area contributed by atoms with Crippen molar-refractivity contribution in [3.05, 3.63) is 0 Å². The highest BCUT2D eigenvalue weighted by atomic mass is 16.4. The molecule has 1 heterocycles. The average molecular weight is 201 g/mol. The summed E-state index contributed by atoms with van der Waals surface area (Å²) < 4.78 is 0. The van der Waals surface area contributed by atoms with Gasteiger partial charge in [0.25, 0.3) is 0 Å². The Labute approximate surface area is 84.5 Å². The Balaban J connectivity index is 1.99. The summed E-state index contributed by atoms with van der Waals surface area (Å²) >= 11 is 0. The first kappa shape index (κ1) is 11.5. The van der Waals surface area contributed by atoms with Gasteiger partial charge in [-0.3, -0.25) is 4.79 Å². The van der Waals surface area contributed by atoms with E-state index in [1.165, 1.54) is 0 Å². The number of hydrogen-bond donors (Lipinski definition) is 2. The van der Waals surface area contributed by atoms with Crippen molar-refractivity contribution in [2.45, 2.75) is 38.2 Å². The third-order valence-electron chi connectivity index (χ3n) is 2.67. The Morgan fingerprint density at radius 3 is 2.50 bits per heavy atom. The van der Waals surface area contributed by atoms with E-state index in [0.29, 0.717) is 0 Å². The molecule has 0 radical (unpaired) electrons. The molecule has 0 bridgehead atoms. The summed E-state index contributed by atoms with van der Waals surface area (Å²) in [5.41, 5.74) is 0. The number of aliphatic hydroxyl groups excluding tert-OH is 1. The van der Waals surface area contributed by atoms with Crippen molar-refractivity contribution in [2.75, 3.05) is 19.6 Å². The van der Waals surface area contributed by atoms with Crippen molar-refractivity contribution in [3.63, 3.8) is 0 Å². The van der Waals surface area contributed by atoms with Gasteiger partial charge >= 0.3 is 5.97 Å². The SMILES string of the molecule is O=C(O)CCCCN1CCC(O)CC1. The molecule has 1 saturated heterocycles. The molecule has 1 aliphatic heterocycles. The number of aliphatic hydroxyl groups is 1. The molecule has 0 saturated carbocycles. The number of piperidine rings is 1. The second kappa shape index (κ2) is 5.98. The first-order valence-electron chi connectivity index (χ1n) is 5.30. The molecular formula is C10H19NO3. The molecule has 0 spiro atoms. The van der Waals surface area contributed by atoms with Crippen LogP contribution in [-0.2, 0) is 4.79 Å². The fraction of sp³-hybridized carbons (Fsp3) is 0.900. The number of aliphatic carboxylic acids is 1. The fourth-order valence-corrected chi connectivity index (χ4v) is 1.75. The zero-order chi connectivity index (χ0) is 10.4. The van der Waals surface area contributed by atoms with Gasteiger partial charge in [0.2, 0.25) is 0 Å². The van der Waals surface area contributed by atoms with Crippen molar-refractivity contribution < 1.29 is 15.0 Å². The van der Waals surface area contributed by atoms with E-state index in [4.69, 9.17) is 5.11 Å². The van der Waals surface area contributed by atoms with E-state index >= 15 is 0 Å². The van der Waals surface area contributed by atoms with E-state index in [1.54, 1.807) is 0 Å². The number of hydrogen-bond acceptors (Lipinski definition) is 3. The lowest BCUT2D eigenvalue weighted by atomic mass is 10.1. The lowest BCUT2D eigenvalue weighted by molar-refractivity contribution is -0.137. The number of carboxylic acids is 1. The molecule has 0 aliphatic carbocycles. The topological polar surface area (TPSA) is 60.8 Å². The maximum atomic E-state index is 10.2. The highest BCUT2D eigenvalue weighted by Gasteiger charge is 2.15. The molecule has 1 fully saturated rings. The van der Waals surface area contributed by atoms with Crippen LogP contribution in [0.3, 0.4) is 0 Å². The van der Waals surface area contributed by atoms with E-state index in [0.717, 1.165) is 45.3 Å². The Morgan fingerprint density at radius 1 is 1.29 bits per heavy atom. The van der Waals surface area contributed by atoms with Crippen molar-refractivity contribution in [2.24, 2.45) is 0 Å². The van der Waals surface area contributed by atoms with Crippen LogP contribution in [0.1, 0.15) is 32.1 Å². The summed E-state index contributed by atoms with van der Waals surface area (Å²) in [6.07, 6.45) is 3.58. The minimum absolute atomic E-state index is 0.120. The highest BCUT2D eigenvalue weighted by Crippen LogP contribution is 2.10. The average Bonchev–Trinajstić information content (AvgIpc) is 2.15. The van der Waals surface area contributed by atoms with Gasteiger partial charge in [0.1, 0.15) is 0 Å². The van der Waals surface area contributed by atoms with Crippen LogP contribution in [0.2, 0.25) is 0 Å². The minimum Gasteiger partial charge on any atom is -0.481 e. The van der Waals surface area contributed by atoms with E-state index in [9.17, 15) is 9.90 Å². The summed E-state index contributed by atoms with van der Waals surface area (Å²) in [6.45, 7) is 2.88. The van der Waals surface area contributed by atoms with Gasteiger partial charge in [-0.15, -0.1) is 0 Å². The van der Waals surface area contributed by atoms with E-state index in [-0.39, 0.29) is 12.5 Å². The lowest BCUT2D eigenvalue weighted by Crippen LogP contribution is -2.36. The van der Waals surface area contributed by atoms with E-state index < -0.39 is 5.97 Å². The molecule has 1 aliphatic rings. The van der Waals surface area contributed by atoms with Crippen LogP contribution in [0.5, 0.6) is 0 Å². The predicted molar refractivity (Wildman–Crippen MR) is 53.2 cm³/mol. The molecule has 0 aromatic heterocycles. The maximum Gasteiger partial charge on any atom is 0.303 e. The molecule has 0 aromatic carbocycles. The summed E-state index contributed by atoms with van der Waals surface area (Å²) in [4.78, 5) is 12.5. The number of carbonyl (C=O) groups is 1. The summed E-state index contributed by atoms with van der Waals surface area (Å²) in [6, 6.07) is 0. The standard InChI is InChI=1S/C10H19NO3/c12-9-4-7-11(8-5-9)6-2-1-3-10(13)14/h9,12H,1-8H2,(H,13,14). The van der Waals surface area contributed by atoms with Gasteiger partial charge in [-0.25, -0.2) is 0 Å². The molecule has 4 heteroatoms. The number of likely N-dealkylation sites (tertiary alicyclic amines) is 1. The molecule has 2 N–H and O–H groups in total. The van der Waals surface area contributed by atoms with Crippen LogP contribution >= 0.6 is 0 Å². The van der Waals surface area contributed by atoms with Gasteiger partial charge in [0.15, 0.2) is 0 Å². The molecule has 0 unspecified atom stereocenters. The van der Waals surface area contributed by atoms with Crippen molar-refractivity contribution in [3.8, 4) is 0 Å². The Kier molecular flexibility index (Phi) is 4.90. The van der Waals surface area contributed by atoms with Crippen LogP contribution in [0.25, 0.3) is 0 Å². The monoisotopic (exact) mass is 201 g/mol. The van der Waals surface area contributed by atoms with Crippen LogP contribution in [0, 0.1) is 0 Å².